The number of hydrazine groups is 1. The third-order valence-corrected chi connectivity index (χ3v) is 3.65. The van der Waals surface area contributed by atoms with Gasteiger partial charge in [0.05, 0.1) is 12.9 Å². The quantitative estimate of drug-likeness (QED) is 0.844. The maximum atomic E-state index is 11.9. The fourth-order valence-corrected chi connectivity index (χ4v) is 2.37. The van der Waals surface area contributed by atoms with Crippen LogP contribution >= 0.6 is 24.0 Å². The van der Waals surface area contributed by atoms with Crippen molar-refractivity contribution >= 4 is 40.1 Å². The van der Waals surface area contributed by atoms with E-state index in [1.165, 1.54) is 18.9 Å². The van der Waals surface area contributed by atoms with Gasteiger partial charge in [0.2, 0.25) is 0 Å². The molecule has 1 aliphatic rings. The summed E-state index contributed by atoms with van der Waals surface area (Å²) >= 11 is 6.19. The molecule has 1 aromatic rings. The van der Waals surface area contributed by atoms with Gasteiger partial charge in [0.15, 0.2) is 4.32 Å². The highest BCUT2D eigenvalue weighted by Crippen LogP contribution is 2.18. The first-order valence-electron chi connectivity index (χ1n) is 5.06. The highest BCUT2D eigenvalue weighted by Gasteiger charge is 2.28. The Hall–Kier alpha value is -1.60. The Kier molecular flexibility index (Phi) is 3.83. The number of methoxy groups -OCH3 is 1. The molecule has 1 N–H and O–H groups in total. The lowest BCUT2D eigenvalue weighted by Gasteiger charge is -2.16. The normalized spacial score (nSPS) is 14.8. The van der Waals surface area contributed by atoms with Crippen LogP contribution in [0, 0.1) is 0 Å². The van der Waals surface area contributed by atoms with Crippen LogP contribution in [0.3, 0.4) is 0 Å². The van der Waals surface area contributed by atoms with Crippen molar-refractivity contribution < 1.29 is 14.3 Å². The van der Waals surface area contributed by atoms with Gasteiger partial charge in [0.25, 0.3) is 11.8 Å². The van der Waals surface area contributed by atoms with Crippen molar-refractivity contribution in [2.24, 2.45) is 0 Å². The largest absolute Gasteiger partial charge is 0.497 e. The summed E-state index contributed by atoms with van der Waals surface area (Å²) in [7, 11) is 1.52. The molecule has 18 heavy (non-hydrogen) atoms. The third kappa shape index (κ3) is 2.62. The zero-order valence-corrected chi connectivity index (χ0v) is 11.1. The van der Waals surface area contributed by atoms with Crippen LogP contribution in [0.5, 0.6) is 5.75 Å². The second-order valence-corrected chi connectivity index (χ2v) is 5.07. The fourth-order valence-electron chi connectivity index (χ4n) is 1.39. The molecule has 1 aromatic carbocycles. The second kappa shape index (κ2) is 5.36. The molecule has 5 nitrogen and oxygen atoms in total. The van der Waals surface area contributed by atoms with E-state index in [1.807, 2.05) is 0 Å². The first kappa shape index (κ1) is 12.8. The summed E-state index contributed by atoms with van der Waals surface area (Å²) < 4.78 is 5.38. The van der Waals surface area contributed by atoms with Crippen molar-refractivity contribution in [3.63, 3.8) is 0 Å². The molecular weight excluding hydrogens is 272 g/mol. The Morgan fingerprint density at radius 2 is 2.33 bits per heavy atom. The maximum Gasteiger partial charge on any atom is 0.270 e. The molecule has 0 bridgehead atoms. The summed E-state index contributed by atoms with van der Waals surface area (Å²) in [6.07, 6.45) is 0. The average molecular weight is 282 g/mol. The Balaban J connectivity index is 2.12. The smallest absolute Gasteiger partial charge is 0.270 e. The Labute approximate surface area is 113 Å². The van der Waals surface area contributed by atoms with Crippen LogP contribution in [0.2, 0.25) is 0 Å². The van der Waals surface area contributed by atoms with E-state index >= 15 is 0 Å². The number of hydrogen-bond acceptors (Lipinski definition) is 5. The number of carbonyl (C=O) groups excluding carboxylic acids is 2. The number of thioether (sulfide) groups is 1. The minimum Gasteiger partial charge on any atom is -0.497 e. The highest BCUT2D eigenvalue weighted by atomic mass is 32.2. The van der Waals surface area contributed by atoms with Gasteiger partial charge in [-0.1, -0.05) is 30.0 Å². The van der Waals surface area contributed by atoms with Crippen molar-refractivity contribution in [1.29, 1.82) is 0 Å². The summed E-state index contributed by atoms with van der Waals surface area (Å²) in [5, 5.41) is 1.10. The standard InChI is InChI=1S/C11H10N2O3S2/c1-16-8-4-2-3-7(5-8)10(15)12-13-9(14)6-18-11(13)17/h2-5H,6H2,1H3,(H,12,15). The molecule has 1 aliphatic heterocycles. The van der Waals surface area contributed by atoms with Crippen molar-refractivity contribution in [2.75, 3.05) is 12.9 Å². The zero-order chi connectivity index (χ0) is 13.1. The monoisotopic (exact) mass is 282 g/mol. The second-order valence-electron chi connectivity index (χ2n) is 3.46. The Morgan fingerprint density at radius 1 is 1.56 bits per heavy atom. The Morgan fingerprint density at radius 3 is 2.94 bits per heavy atom. The molecule has 0 atom stereocenters. The van der Waals surface area contributed by atoms with Gasteiger partial charge in [-0.3, -0.25) is 15.0 Å². The van der Waals surface area contributed by atoms with Crippen LogP contribution in [-0.4, -0.2) is 34.0 Å². The number of amides is 2. The number of hydrogen-bond donors (Lipinski definition) is 1. The number of ether oxygens (including phenoxy) is 1. The van der Waals surface area contributed by atoms with E-state index in [9.17, 15) is 9.59 Å². The third-order valence-electron chi connectivity index (χ3n) is 2.30. The van der Waals surface area contributed by atoms with Gasteiger partial charge in [0.1, 0.15) is 5.75 Å². The predicted octanol–water partition coefficient (Wildman–Crippen LogP) is 1.20. The Bertz CT molecular complexity index is 503. The number of nitrogens with one attached hydrogen (secondary N) is 1. The molecule has 0 spiro atoms. The molecule has 2 rings (SSSR count). The van der Waals surface area contributed by atoms with Crippen LogP contribution in [0.25, 0.3) is 0 Å². The summed E-state index contributed by atoms with van der Waals surface area (Å²) in [4.78, 5) is 23.4. The zero-order valence-electron chi connectivity index (χ0n) is 9.50. The predicted molar refractivity (Wildman–Crippen MR) is 72.4 cm³/mol. The molecule has 1 saturated heterocycles. The maximum absolute atomic E-state index is 11.9. The minimum absolute atomic E-state index is 0.221. The average Bonchev–Trinajstić information content (AvgIpc) is 2.70. The van der Waals surface area contributed by atoms with Gasteiger partial charge in [-0.15, -0.1) is 0 Å². The first-order valence-corrected chi connectivity index (χ1v) is 6.46. The van der Waals surface area contributed by atoms with E-state index in [-0.39, 0.29) is 11.7 Å². The van der Waals surface area contributed by atoms with Crippen LogP contribution in [0.15, 0.2) is 24.3 Å². The minimum atomic E-state index is -0.396. The molecule has 7 heteroatoms. The lowest BCUT2D eigenvalue weighted by Crippen LogP contribution is -2.45. The van der Waals surface area contributed by atoms with Gasteiger partial charge in [-0.05, 0) is 18.2 Å². The number of nitrogens with zero attached hydrogens (tertiary/aromatic N) is 1. The molecule has 0 unspecified atom stereocenters. The van der Waals surface area contributed by atoms with Gasteiger partial charge in [-0.25, -0.2) is 5.01 Å². The topological polar surface area (TPSA) is 58.6 Å². The van der Waals surface area contributed by atoms with E-state index in [2.05, 4.69) is 5.43 Å². The van der Waals surface area contributed by atoms with Crippen molar-refractivity contribution in [2.45, 2.75) is 0 Å². The van der Waals surface area contributed by atoms with Gasteiger partial charge in [0, 0.05) is 5.56 Å². The van der Waals surface area contributed by atoms with E-state index in [1.54, 1.807) is 24.3 Å². The lowest BCUT2D eigenvalue weighted by atomic mass is 10.2. The van der Waals surface area contributed by atoms with Crippen LogP contribution in [-0.2, 0) is 4.79 Å². The lowest BCUT2D eigenvalue weighted by molar-refractivity contribution is -0.125. The molecule has 0 aliphatic carbocycles. The van der Waals surface area contributed by atoms with Gasteiger partial charge >= 0.3 is 0 Å². The van der Waals surface area contributed by atoms with Crippen LogP contribution < -0.4 is 10.2 Å². The van der Waals surface area contributed by atoms with Crippen molar-refractivity contribution in [3.8, 4) is 5.75 Å². The summed E-state index contributed by atoms with van der Waals surface area (Å²) in [5.41, 5.74) is 2.88. The van der Waals surface area contributed by atoms with Crippen molar-refractivity contribution in [1.82, 2.24) is 10.4 Å². The van der Waals surface area contributed by atoms with E-state index in [0.717, 1.165) is 5.01 Å². The fraction of sp³-hybridized carbons (Fsp3) is 0.182. The molecule has 2 amide bonds. The van der Waals surface area contributed by atoms with E-state index in [0.29, 0.717) is 15.6 Å². The van der Waals surface area contributed by atoms with Crippen LogP contribution in [0.1, 0.15) is 10.4 Å². The SMILES string of the molecule is COc1cccc(C(=O)NN2C(=O)CSC2=S)c1. The molecule has 1 fully saturated rings. The molecule has 0 aromatic heterocycles. The molecule has 0 saturated carbocycles. The first-order chi connectivity index (χ1) is 8.61. The number of thiocarbonyl (C=S) groups is 1. The molecule has 1 heterocycles. The number of rotatable bonds is 3. The van der Waals surface area contributed by atoms with Gasteiger partial charge in [-0.2, -0.15) is 0 Å². The molecule has 94 valence electrons. The summed E-state index contributed by atoms with van der Waals surface area (Å²) in [6.45, 7) is 0. The molecular formula is C11H10N2O3S2. The van der Waals surface area contributed by atoms with E-state index in [4.69, 9.17) is 17.0 Å². The van der Waals surface area contributed by atoms with E-state index < -0.39 is 5.91 Å². The van der Waals surface area contributed by atoms with Crippen LogP contribution in [0.4, 0.5) is 0 Å². The summed E-state index contributed by atoms with van der Waals surface area (Å²) in [6, 6.07) is 6.66. The summed E-state index contributed by atoms with van der Waals surface area (Å²) in [5.74, 6) is 0.220. The number of carbonyl (C=O) groups is 2. The highest BCUT2D eigenvalue weighted by molar-refractivity contribution is 8.23. The van der Waals surface area contributed by atoms with Crippen molar-refractivity contribution in [3.05, 3.63) is 29.8 Å². The van der Waals surface area contributed by atoms with Gasteiger partial charge < -0.3 is 4.74 Å². The number of benzene rings is 1. The molecule has 0 radical (unpaired) electrons.